The molecule has 0 saturated heterocycles. The first-order valence-corrected chi connectivity index (χ1v) is 7.99. The van der Waals surface area contributed by atoms with Crippen LogP contribution in [0.1, 0.15) is 21.7 Å². The lowest BCUT2D eigenvalue weighted by Gasteiger charge is -2.15. The molecule has 0 fully saturated rings. The molecule has 25 heavy (non-hydrogen) atoms. The van der Waals surface area contributed by atoms with Gasteiger partial charge in [-0.25, -0.2) is 4.68 Å². The quantitative estimate of drug-likeness (QED) is 0.691. The largest absolute Gasteiger partial charge is 0.471 e. The number of hydrogen-bond acceptors (Lipinski definition) is 4. The lowest BCUT2D eigenvalue weighted by molar-refractivity contribution is 0.0777. The molecule has 7 heteroatoms. The Kier molecular flexibility index (Phi) is 4.83. The monoisotopic (exact) mass is 339 g/mol. The molecule has 0 aliphatic rings. The van der Waals surface area contributed by atoms with Crippen molar-refractivity contribution >= 4 is 5.91 Å². The molecule has 7 nitrogen and oxygen atoms in total. The van der Waals surface area contributed by atoms with Gasteiger partial charge in [-0.05, 0) is 25.1 Å². The maximum absolute atomic E-state index is 12.5. The van der Waals surface area contributed by atoms with Gasteiger partial charge >= 0.3 is 0 Å². The number of amides is 1. The molecular formula is C18H21N5O2. The van der Waals surface area contributed by atoms with Crippen LogP contribution in [0.25, 0.3) is 0 Å². The molecule has 3 aromatic rings. The number of carbonyl (C=O) groups excluding carboxylic acids is 1. The van der Waals surface area contributed by atoms with Gasteiger partial charge in [-0.15, -0.1) is 0 Å². The number of nitrogens with zero attached hydrogens (tertiary/aromatic N) is 5. The predicted molar refractivity (Wildman–Crippen MR) is 93.0 cm³/mol. The third-order valence-electron chi connectivity index (χ3n) is 3.84. The minimum absolute atomic E-state index is 0.137. The second-order valence-corrected chi connectivity index (χ2v) is 5.90. The summed E-state index contributed by atoms with van der Waals surface area (Å²) in [7, 11) is 3.63. The van der Waals surface area contributed by atoms with E-state index in [9.17, 15) is 4.79 Å². The highest BCUT2D eigenvalue weighted by Crippen LogP contribution is 2.11. The van der Waals surface area contributed by atoms with Crippen LogP contribution in [0.4, 0.5) is 0 Å². The van der Waals surface area contributed by atoms with Crippen LogP contribution < -0.4 is 4.74 Å². The van der Waals surface area contributed by atoms with Crippen LogP contribution in [-0.2, 0) is 20.3 Å². The first kappa shape index (κ1) is 16.8. The summed E-state index contributed by atoms with van der Waals surface area (Å²) in [5, 5.41) is 8.59. The summed E-state index contributed by atoms with van der Waals surface area (Å²) in [6, 6.07) is 11.2. The Hall–Kier alpha value is -3.09. The summed E-state index contributed by atoms with van der Waals surface area (Å²) in [5.74, 6) is 0.622. The highest BCUT2D eigenvalue weighted by molar-refractivity contribution is 5.91. The van der Waals surface area contributed by atoms with Crippen molar-refractivity contribution in [2.45, 2.75) is 20.2 Å². The van der Waals surface area contributed by atoms with E-state index in [-0.39, 0.29) is 12.6 Å². The van der Waals surface area contributed by atoms with E-state index >= 15 is 0 Å². The zero-order valence-electron chi connectivity index (χ0n) is 14.6. The SMILES string of the molecule is Cc1nn(C)cc1CN(C)C(=O)c1ccn(COc2ccccc2)n1. The van der Waals surface area contributed by atoms with Crippen molar-refractivity contribution in [1.29, 1.82) is 0 Å². The Morgan fingerprint density at radius 2 is 1.96 bits per heavy atom. The summed E-state index contributed by atoms with van der Waals surface area (Å²) in [5.41, 5.74) is 2.33. The summed E-state index contributed by atoms with van der Waals surface area (Å²) in [4.78, 5) is 14.2. The molecular weight excluding hydrogens is 318 g/mol. The fraction of sp³-hybridized carbons (Fsp3) is 0.278. The van der Waals surface area contributed by atoms with E-state index in [0.717, 1.165) is 17.0 Å². The number of hydrogen-bond donors (Lipinski definition) is 0. The summed E-state index contributed by atoms with van der Waals surface area (Å²) in [6.07, 6.45) is 3.66. The second-order valence-electron chi connectivity index (χ2n) is 5.90. The third kappa shape index (κ3) is 4.06. The molecule has 0 aliphatic carbocycles. The summed E-state index contributed by atoms with van der Waals surface area (Å²) >= 11 is 0. The van der Waals surface area contributed by atoms with Gasteiger partial charge in [-0.1, -0.05) is 18.2 Å². The molecule has 0 N–H and O–H groups in total. The predicted octanol–water partition coefficient (Wildman–Crippen LogP) is 2.23. The highest BCUT2D eigenvalue weighted by atomic mass is 16.5. The number of para-hydroxylation sites is 1. The topological polar surface area (TPSA) is 65.2 Å². The number of rotatable bonds is 6. The number of ether oxygens (including phenoxy) is 1. The van der Waals surface area contributed by atoms with Gasteiger partial charge in [0.1, 0.15) is 5.75 Å². The van der Waals surface area contributed by atoms with E-state index in [1.165, 1.54) is 0 Å². The van der Waals surface area contributed by atoms with Gasteiger partial charge in [-0.3, -0.25) is 9.48 Å². The average molecular weight is 339 g/mol. The molecule has 3 rings (SSSR count). The van der Waals surface area contributed by atoms with Gasteiger partial charge in [0.15, 0.2) is 12.4 Å². The minimum Gasteiger partial charge on any atom is -0.471 e. The second kappa shape index (κ2) is 7.21. The van der Waals surface area contributed by atoms with E-state index in [2.05, 4.69) is 10.2 Å². The van der Waals surface area contributed by atoms with Crippen molar-refractivity contribution in [2.75, 3.05) is 7.05 Å². The molecule has 2 heterocycles. The molecule has 0 bridgehead atoms. The molecule has 0 radical (unpaired) electrons. The van der Waals surface area contributed by atoms with Gasteiger partial charge in [-0.2, -0.15) is 10.2 Å². The van der Waals surface area contributed by atoms with Gasteiger partial charge in [0.25, 0.3) is 5.91 Å². The van der Waals surface area contributed by atoms with Crippen LogP contribution in [0.15, 0.2) is 48.8 Å². The molecule has 0 atom stereocenters. The van der Waals surface area contributed by atoms with Gasteiger partial charge in [0.2, 0.25) is 0 Å². The van der Waals surface area contributed by atoms with E-state index in [4.69, 9.17) is 4.74 Å². The van der Waals surface area contributed by atoms with Gasteiger partial charge in [0, 0.05) is 38.6 Å². The molecule has 1 aromatic carbocycles. The van der Waals surface area contributed by atoms with Gasteiger partial charge < -0.3 is 9.64 Å². The lowest BCUT2D eigenvalue weighted by atomic mass is 10.2. The van der Waals surface area contributed by atoms with Crippen molar-refractivity contribution < 1.29 is 9.53 Å². The van der Waals surface area contributed by atoms with Crippen LogP contribution in [-0.4, -0.2) is 37.4 Å². The van der Waals surface area contributed by atoms with Crippen LogP contribution >= 0.6 is 0 Å². The lowest BCUT2D eigenvalue weighted by Crippen LogP contribution is -2.27. The van der Waals surface area contributed by atoms with E-state index in [1.807, 2.05) is 50.5 Å². The van der Waals surface area contributed by atoms with E-state index in [1.54, 1.807) is 33.6 Å². The molecule has 0 spiro atoms. The smallest absolute Gasteiger partial charge is 0.274 e. The first-order valence-electron chi connectivity index (χ1n) is 7.99. The average Bonchev–Trinajstić information content (AvgIpc) is 3.20. The maximum Gasteiger partial charge on any atom is 0.274 e. The fourth-order valence-electron chi connectivity index (χ4n) is 2.53. The van der Waals surface area contributed by atoms with Crippen LogP contribution in [0.3, 0.4) is 0 Å². The van der Waals surface area contributed by atoms with Crippen molar-refractivity contribution in [2.24, 2.45) is 7.05 Å². The van der Waals surface area contributed by atoms with Crippen molar-refractivity contribution in [1.82, 2.24) is 24.5 Å². The molecule has 0 saturated carbocycles. The van der Waals surface area contributed by atoms with Crippen molar-refractivity contribution in [3.8, 4) is 5.75 Å². The van der Waals surface area contributed by atoms with Crippen molar-refractivity contribution in [3.05, 3.63) is 65.7 Å². The Balaban J connectivity index is 1.60. The Morgan fingerprint density at radius 1 is 1.20 bits per heavy atom. The number of carbonyl (C=O) groups is 1. The Labute approximate surface area is 146 Å². The standard InChI is InChI=1S/C18H21N5O2/c1-14-15(12-22(3)19-14)11-21(2)18(24)17-9-10-23(20-17)13-25-16-7-5-4-6-8-16/h4-10,12H,11,13H2,1-3H3. The highest BCUT2D eigenvalue weighted by Gasteiger charge is 2.17. The fourth-order valence-corrected chi connectivity index (χ4v) is 2.53. The molecule has 0 unspecified atom stereocenters. The minimum atomic E-state index is -0.137. The number of benzene rings is 1. The molecule has 0 aliphatic heterocycles. The molecule has 1 amide bonds. The number of aromatic nitrogens is 4. The summed E-state index contributed by atoms with van der Waals surface area (Å²) in [6.45, 7) is 2.68. The van der Waals surface area contributed by atoms with Crippen LogP contribution in [0.5, 0.6) is 5.75 Å². The van der Waals surface area contributed by atoms with Crippen LogP contribution in [0.2, 0.25) is 0 Å². The first-order chi connectivity index (χ1) is 12.0. The zero-order valence-corrected chi connectivity index (χ0v) is 14.6. The normalized spacial score (nSPS) is 10.7. The van der Waals surface area contributed by atoms with E-state index in [0.29, 0.717) is 12.2 Å². The van der Waals surface area contributed by atoms with E-state index < -0.39 is 0 Å². The molecule has 2 aromatic heterocycles. The van der Waals surface area contributed by atoms with Gasteiger partial charge in [0.05, 0.1) is 5.69 Å². The third-order valence-corrected chi connectivity index (χ3v) is 3.84. The molecule has 130 valence electrons. The number of aryl methyl sites for hydroxylation is 2. The Bertz CT molecular complexity index is 853. The summed E-state index contributed by atoms with van der Waals surface area (Å²) < 4.78 is 8.97. The zero-order chi connectivity index (χ0) is 17.8. The Morgan fingerprint density at radius 3 is 2.64 bits per heavy atom. The van der Waals surface area contributed by atoms with Crippen LogP contribution in [0, 0.1) is 6.92 Å². The maximum atomic E-state index is 12.5. The van der Waals surface area contributed by atoms with Crippen molar-refractivity contribution in [3.63, 3.8) is 0 Å².